The summed E-state index contributed by atoms with van der Waals surface area (Å²) in [6, 6.07) is 14.9. The van der Waals surface area contributed by atoms with Crippen molar-refractivity contribution in [1.82, 2.24) is 10.2 Å². The van der Waals surface area contributed by atoms with E-state index in [0.29, 0.717) is 22.2 Å². The standard InChI is InChI=1S/C28H30Cl2FN3O4S/c1-4-26(28(36)32-5-2)33(17-23-24(29)7-6-8-25(23)30)27(35)18-34(21-13-9-19(3)10-14-21)39(37,38)22-15-11-20(31)12-16-22/h6-16,26H,4-5,17-18H2,1-3H3,(H,32,36)/t26-/m0/s1. The van der Waals surface area contributed by atoms with Crippen LogP contribution >= 0.6 is 23.2 Å². The highest BCUT2D eigenvalue weighted by Crippen LogP contribution is 2.29. The van der Waals surface area contributed by atoms with Crippen LogP contribution in [0, 0.1) is 12.7 Å². The smallest absolute Gasteiger partial charge is 0.264 e. The lowest BCUT2D eigenvalue weighted by Crippen LogP contribution is -2.52. The average Bonchev–Trinajstić information content (AvgIpc) is 2.89. The lowest BCUT2D eigenvalue weighted by atomic mass is 10.1. The van der Waals surface area contributed by atoms with Gasteiger partial charge in [-0.3, -0.25) is 13.9 Å². The van der Waals surface area contributed by atoms with E-state index in [4.69, 9.17) is 23.2 Å². The van der Waals surface area contributed by atoms with E-state index in [9.17, 15) is 22.4 Å². The lowest BCUT2D eigenvalue weighted by Gasteiger charge is -2.33. The number of carbonyl (C=O) groups is 2. The molecule has 0 fully saturated rings. The molecule has 11 heteroatoms. The molecule has 3 aromatic rings. The minimum absolute atomic E-state index is 0.120. The molecular weight excluding hydrogens is 564 g/mol. The summed E-state index contributed by atoms with van der Waals surface area (Å²) in [4.78, 5) is 28.0. The van der Waals surface area contributed by atoms with Crippen molar-refractivity contribution in [2.24, 2.45) is 0 Å². The molecular formula is C28H30Cl2FN3O4S. The molecule has 3 rings (SSSR count). The van der Waals surface area contributed by atoms with Crippen molar-refractivity contribution in [1.29, 1.82) is 0 Å². The maximum atomic E-state index is 14.0. The van der Waals surface area contributed by atoms with Gasteiger partial charge in [-0.25, -0.2) is 12.8 Å². The quantitative estimate of drug-likeness (QED) is 0.314. The van der Waals surface area contributed by atoms with E-state index >= 15 is 0 Å². The Morgan fingerprint density at radius 3 is 2.08 bits per heavy atom. The van der Waals surface area contributed by atoms with Gasteiger partial charge in [0.05, 0.1) is 10.6 Å². The fourth-order valence-corrected chi connectivity index (χ4v) is 5.97. The number of carbonyl (C=O) groups excluding carboxylic acids is 2. The zero-order valence-electron chi connectivity index (χ0n) is 21.8. The van der Waals surface area contributed by atoms with E-state index in [1.54, 1.807) is 56.3 Å². The fourth-order valence-electron chi connectivity index (χ4n) is 4.04. The number of nitrogens with one attached hydrogen (secondary N) is 1. The van der Waals surface area contributed by atoms with Gasteiger partial charge in [-0.05, 0) is 68.8 Å². The van der Waals surface area contributed by atoms with Gasteiger partial charge in [0.1, 0.15) is 18.4 Å². The molecule has 1 atom stereocenters. The summed E-state index contributed by atoms with van der Waals surface area (Å²) < 4.78 is 42.0. The second-order valence-corrected chi connectivity index (χ2v) is 11.5. The predicted octanol–water partition coefficient (Wildman–Crippen LogP) is 5.58. The number of amides is 2. The van der Waals surface area contributed by atoms with Gasteiger partial charge in [0.15, 0.2) is 0 Å². The van der Waals surface area contributed by atoms with Crippen molar-refractivity contribution in [3.63, 3.8) is 0 Å². The Bertz CT molecular complexity index is 1400. The first kappa shape index (κ1) is 30.4. The molecule has 0 radical (unpaired) electrons. The number of likely N-dealkylation sites (N-methyl/N-ethyl adjacent to an activating group) is 1. The monoisotopic (exact) mass is 593 g/mol. The van der Waals surface area contributed by atoms with Gasteiger partial charge in [-0.1, -0.05) is 53.9 Å². The SMILES string of the molecule is CCNC(=O)[C@H](CC)N(Cc1c(Cl)cccc1Cl)C(=O)CN(c1ccc(C)cc1)S(=O)(=O)c1ccc(F)cc1. The number of halogens is 3. The lowest BCUT2D eigenvalue weighted by molar-refractivity contribution is -0.140. The van der Waals surface area contributed by atoms with Crippen LogP contribution in [0.15, 0.2) is 71.6 Å². The summed E-state index contributed by atoms with van der Waals surface area (Å²) in [6.07, 6.45) is 0.259. The Kier molecular flexibility index (Phi) is 10.4. The number of benzene rings is 3. The van der Waals surface area contributed by atoms with E-state index in [0.717, 1.165) is 34.1 Å². The van der Waals surface area contributed by atoms with Crippen molar-refractivity contribution in [2.75, 3.05) is 17.4 Å². The first-order chi connectivity index (χ1) is 18.5. The molecule has 0 saturated carbocycles. The molecule has 1 N–H and O–H groups in total. The highest BCUT2D eigenvalue weighted by Gasteiger charge is 2.34. The summed E-state index contributed by atoms with van der Waals surface area (Å²) in [5.74, 6) is -1.63. The molecule has 0 aliphatic heterocycles. The van der Waals surface area contributed by atoms with Crippen LogP contribution in [-0.4, -0.2) is 44.3 Å². The molecule has 208 valence electrons. The van der Waals surface area contributed by atoms with Crippen LogP contribution in [0.2, 0.25) is 10.0 Å². The van der Waals surface area contributed by atoms with Gasteiger partial charge < -0.3 is 10.2 Å². The van der Waals surface area contributed by atoms with Crippen LogP contribution < -0.4 is 9.62 Å². The number of sulfonamides is 1. The van der Waals surface area contributed by atoms with Gasteiger partial charge in [0, 0.05) is 28.7 Å². The number of hydrogen-bond acceptors (Lipinski definition) is 4. The zero-order valence-corrected chi connectivity index (χ0v) is 24.2. The highest BCUT2D eigenvalue weighted by atomic mass is 35.5. The summed E-state index contributed by atoms with van der Waals surface area (Å²) in [6.45, 7) is 4.96. The van der Waals surface area contributed by atoms with Crippen LogP contribution in [-0.2, 0) is 26.2 Å². The molecule has 0 aliphatic carbocycles. The second-order valence-electron chi connectivity index (χ2n) is 8.84. The minimum atomic E-state index is -4.30. The summed E-state index contributed by atoms with van der Waals surface area (Å²) >= 11 is 12.8. The van der Waals surface area contributed by atoms with Crippen LogP contribution in [0.5, 0.6) is 0 Å². The largest absolute Gasteiger partial charge is 0.355 e. The minimum Gasteiger partial charge on any atom is -0.355 e. The Morgan fingerprint density at radius 1 is 0.949 bits per heavy atom. The van der Waals surface area contributed by atoms with Gasteiger partial charge in [-0.15, -0.1) is 0 Å². The Balaban J connectivity index is 2.09. The third-order valence-electron chi connectivity index (χ3n) is 6.13. The molecule has 0 unspecified atom stereocenters. The predicted molar refractivity (Wildman–Crippen MR) is 152 cm³/mol. The molecule has 0 aromatic heterocycles. The molecule has 0 aliphatic rings. The first-order valence-corrected chi connectivity index (χ1v) is 14.5. The van der Waals surface area contributed by atoms with Crippen LogP contribution in [0.4, 0.5) is 10.1 Å². The number of hydrogen-bond donors (Lipinski definition) is 1. The highest BCUT2D eigenvalue weighted by molar-refractivity contribution is 7.92. The van der Waals surface area contributed by atoms with Crippen molar-refractivity contribution in [3.8, 4) is 0 Å². The van der Waals surface area contributed by atoms with Gasteiger partial charge in [0.25, 0.3) is 10.0 Å². The van der Waals surface area contributed by atoms with Crippen molar-refractivity contribution in [2.45, 2.75) is 44.7 Å². The van der Waals surface area contributed by atoms with E-state index in [1.807, 2.05) is 6.92 Å². The van der Waals surface area contributed by atoms with E-state index < -0.39 is 34.3 Å². The Hall–Kier alpha value is -3.14. The number of anilines is 1. The molecule has 0 heterocycles. The Morgan fingerprint density at radius 2 is 1.54 bits per heavy atom. The average molecular weight is 595 g/mol. The number of aryl methyl sites for hydroxylation is 1. The third kappa shape index (κ3) is 7.29. The van der Waals surface area contributed by atoms with Crippen LogP contribution in [0.3, 0.4) is 0 Å². The third-order valence-corrected chi connectivity index (χ3v) is 8.63. The fraction of sp³-hybridized carbons (Fsp3) is 0.286. The summed E-state index contributed by atoms with van der Waals surface area (Å²) in [7, 11) is -4.30. The molecule has 7 nitrogen and oxygen atoms in total. The molecule has 2 amide bonds. The van der Waals surface area contributed by atoms with Crippen molar-refractivity contribution < 1.29 is 22.4 Å². The maximum Gasteiger partial charge on any atom is 0.264 e. The topological polar surface area (TPSA) is 86.8 Å². The first-order valence-electron chi connectivity index (χ1n) is 12.3. The van der Waals surface area contributed by atoms with Gasteiger partial charge in [0.2, 0.25) is 11.8 Å². The number of nitrogens with zero attached hydrogens (tertiary/aromatic N) is 2. The van der Waals surface area contributed by atoms with Crippen molar-refractivity contribution >= 4 is 50.7 Å². The summed E-state index contributed by atoms with van der Waals surface area (Å²) in [5, 5.41) is 3.35. The van der Waals surface area contributed by atoms with E-state index in [-0.39, 0.29) is 29.5 Å². The van der Waals surface area contributed by atoms with Crippen LogP contribution in [0.1, 0.15) is 31.4 Å². The molecule has 0 spiro atoms. The maximum absolute atomic E-state index is 14.0. The normalized spacial score (nSPS) is 12.1. The van der Waals surface area contributed by atoms with Crippen molar-refractivity contribution in [3.05, 3.63) is 93.7 Å². The summed E-state index contributed by atoms with van der Waals surface area (Å²) in [5.41, 5.74) is 1.56. The van der Waals surface area contributed by atoms with E-state index in [2.05, 4.69) is 5.32 Å². The van der Waals surface area contributed by atoms with Gasteiger partial charge in [-0.2, -0.15) is 0 Å². The molecule has 0 saturated heterocycles. The van der Waals surface area contributed by atoms with Crippen LogP contribution in [0.25, 0.3) is 0 Å². The molecule has 3 aromatic carbocycles. The van der Waals surface area contributed by atoms with Gasteiger partial charge >= 0.3 is 0 Å². The molecule has 0 bridgehead atoms. The molecule has 39 heavy (non-hydrogen) atoms. The Labute approximate surface area is 238 Å². The van der Waals surface area contributed by atoms with E-state index in [1.165, 1.54) is 4.90 Å². The zero-order chi connectivity index (χ0) is 28.7. The second kappa shape index (κ2) is 13.3. The number of rotatable bonds is 11.